The molecule has 4 rings (SSSR count). The number of hydrogen-bond acceptors (Lipinski definition) is 7. The Morgan fingerprint density at radius 3 is 2.33 bits per heavy atom. The predicted molar refractivity (Wildman–Crippen MR) is 145 cm³/mol. The lowest BCUT2D eigenvalue weighted by molar-refractivity contribution is -0.106. The second-order valence-electron chi connectivity index (χ2n) is 10.6. The number of carbonyl (C=O) groups is 2. The van der Waals surface area contributed by atoms with Crippen molar-refractivity contribution in [1.82, 2.24) is 14.9 Å². The Morgan fingerprint density at radius 1 is 1.17 bits per heavy atom. The number of likely N-dealkylation sites (tertiary alicyclic amines) is 1. The van der Waals surface area contributed by atoms with Gasteiger partial charge in [0, 0.05) is 32.4 Å². The summed E-state index contributed by atoms with van der Waals surface area (Å²) in [4.78, 5) is 32.9. The maximum atomic E-state index is 12.2. The number of nitrogens with zero attached hydrogens (tertiary/aromatic N) is 4. The zero-order valence-corrected chi connectivity index (χ0v) is 23.0. The van der Waals surface area contributed by atoms with Gasteiger partial charge >= 0.3 is 6.09 Å². The molecular weight excluding hydrogens is 454 g/mol. The number of hydrogen-bond donors (Lipinski definition) is 1. The van der Waals surface area contributed by atoms with E-state index < -0.39 is 5.60 Å². The van der Waals surface area contributed by atoms with E-state index in [0.717, 1.165) is 44.5 Å². The quantitative estimate of drug-likeness (QED) is 0.553. The number of carbonyl (C=O) groups excluding carboxylic acids is 2. The second kappa shape index (κ2) is 13.2. The first-order valence-corrected chi connectivity index (χ1v) is 12.7. The monoisotopic (exact) mass is 497 g/mol. The Balaban J connectivity index is 0.000000345. The molecule has 0 saturated carbocycles. The summed E-state index contributed by atoms with van der Waals surface area (Å²) in [7, 11) is 2.19. The van der Waals surface area contributed by atoms with Gasteiger partial charge in [-0.25, -0.2) is 9.78 Å². The molecular formula is C28H43N5O3. The Morgan fingerprint density at radius 2 is 1.81 bits per heavy atom. The SMILES string of the molecule is CC=O.C[C@@H]1Cc2cc(C3CCN(C(=O)OC(C)(C)C)CC3)ccc2N(C)C1.Cc1cnc(N)cn1. The van der Waals surface area contributed by atoms with Crippen LogP contribution in [0.1, 0.15) is 70.2 Å². The highest BCUT2D eigenvalue weighted by Crippen LogP contribution is 2.35. The van der Waals surface area contributed by atoms with Crippen molar-refractivity contribution in [2.75, 3.05) is 37.3 Å². The van der Waals surface area contributed by atoms with E-state index in [9.17, 15) is 4.79 Å². The van der Waals surface area contributed by atoms with E-state index in [-0.39, 0.29) is 6.09 Å². The summed E-state index contributed by atoms with van der Waals surface area (Å²) in [5.41, 5.74) is 10.0. The number of nitrogens with two attached hydrogens (primary N) is 1. The lowest BCUT2D eigenvalue weighted by atomic mass is 9.85. The molecule has 1 saturated heterocycles. The topological polar surface area (TPSA) is 102 Å². The smallest absolute Gasteiger partial charge is 0.410 e. The summed E-state index contributed by atoms with van der Waals surface area (Å²) >= 11 is 0. The lowest BCUT2D eigenvalue weighted by Crippen LogP contribution is -2.41. The van der Waals surface area contributed by atoms with Gasteiger partial charge in [-0.1, -0.05) is 19.1 Å². The molecule has 0 aliphatic carbocycles. The third kappa shape index (κ3) is 9.13. The van der Waals surface area contributed by atoms with Crippen LogP contribution in [0.4, 0.5) is 16.3 Å². The van der Waals surface area contributed by atoms with Crippen molar-refractivity contribution in [3.05, 3.63) is 47.4 Å². The fourth-order valence-corrected chi connectivity index (χ4v) is 4.53. The van der Waals surface area contributed by atoms with E-state index >= 15 is 0 Å². The van der Waals surface area contributed by atoms with Gasteiger partial charge in [0.2, 0.25) is 0 Å². The highest BCUT2D eigenvalue weighted by atomic mass is 16.6. The van der Waals surface area contributed by atoms with Crippen molar-refractivity contribution in [2.45, 2.75) is 72.3 Å². The minimum atomic E-state index is -0.421. The number of rotatable bonds is 1. The van der Waals surface area contributed by atoms with Crippen LogP contribution in [0, 0.1) is 12.8 Å². The van der Waals surface area contributed by atoms with E-state index in [1.807, 2.05) is 32.6 Å². The number of amides is 1. The maximum Gasteiger partial charge on any atom is 0.410 e. The summed E-state index contributed by atoms with van der Waals surface area (Å²) in [5, 5.41) is 0. The Labute approximate surface area is 216 Å². The highest BCUT2D eigenvalue weighted by Gasteiger charge is 2.28. The molecule has 8 heteroatoms. The summed E-state index contributed by atoms with van der Waals surface area (Å²) in [6, 6.07) is 6.99. The van der Waals surface area contributed by atoms with Gasteiger partial charge in [-0.3, -0.25) is 4.98 Å². The molecule has 1 amide bonds. The number of aldehydes is 1. The van der Waals surface area contributed by atoms with Crippen molar-refractivity contribution >= 4 is 23.9 Å². The molecule has 0 radical (unpaired) electrons. The summed E-state index contributed by atoms with van der Waals surface area (Å²) in [5.74, 6) is 1.73. The summed E-state index contributed by atoms with van der Waals surface area (Å²) in [6.07, 6.45) is 6.95. The highest BCUT2D eigenvalue weighted by molar-refractivity contribution is 5.68. The van der Waals surface area contributed by atoms with Crippen molar-refractivity contribution in [2.24, 2.45) is 5.92 Å². The van der Waals surface area contributed by atoms with Gasteiger partial charge < -0.3 is 25.1 Å². The molecule has 1 fully saturated rings. The molecule has 2 aliphatic heterocycles. The van der Waals surface area contributed by atoms with Crippen LogP contribution in [0.2, 0.25) is 0 Å². The molecule has 2 aromatic rings. The van der Waals surface area contributed by atoms with Crippen LogP contribution in [0.15, 0.2) is 30.6 Å². The Bertz CT molecular complexity index is 959. The zero-order valence-electron chi connectivity index (χ0n) is 23.0. The minimum Gasteiger partial charge on any atom is -0.444 e. The summed E-state index contributed by atoms with van der Waals surface area (Å²) in [6.45, 7) is 14.1. The molecule has 8 nitrogen and oxygen atoms in total. The Hall–Kier alpha value is -3.16. The van der Waals surface area contributed by atoms with Crippen molar-refractivity contribution in [1.29, 1.82) is 0 Å². The van der Waals surface area contributed by atoms with Gasteiger partial charge in [0.25, 0.3) is 0 Å². The molecule has 0 unspecified atom stereocenters. The number of anilines is 2. The number of aryl methyl sites for hydroxylation is 1. The van der Waals surface area contributed by atoms with E-state index in [2.05, 4.69) is 47.0 Å². The van der Waals surface area contributed by atoms with Gasteiger partial charge in [-0.05, 0) is 82.9 Å². The number of nitrogen functional groups attached to an aromatic ring is 1. The molecule has 1 aromatic heterocycles. The van der Waals surface area contributed by atoms with E-state index in [4.69, 9.17) is 15.3 Å². The van der Waals surface area contributed by atoms with Crippen LogP contribution in [0.5, 0.6) is 0 Å². The van der Waals surface area contributed by atoms with E-state index in [1.165, 1.54) is 36.4 Å². The van der Waals surface area contributed by atoms with Crippen LogP contribution < -0.4 is 10.6 Å². The van der Waals surface area contributed by atoms with Crippen LogP contribution >= 0.6 is 0 Å². The molecule has 1 aromatic carbocycles. The van der Waals surface area contributed by atoms with Gasteiger partial charge in [0.05, 0.1) is 18.1 Å². The van der Waals surface area contributed by atoms with Crippen LogP contribution in [-0.4, -0.2) is 59.5 Å². The van der Waals surface area contributed by atoms with E-state index in [0.29, 0.717) is 17.7 Å². The van der Waals surface area contributed by atoms with Crippen molar-refractivity contribution in [3.63, 3.8) is 0 Å². The molecule has 36 heavy (non-hydrogen) atoms. The van der Waals surface area contributed by atoms with Crippen LogP contribution in [0.3, 0.4) is 0 Å². The minimum absolute atomic E-state index is 0.174. The number of piperidine rings is 1. The fraction of sp³-hybridized carbons (Fsp3) is 0.571. The number of aromatic nitrogens is 2. The lowest BCUT2D eigenvalue weighted by Gasteiger charge is -2.35. The third-order valence-corrected chi connectivity index (χ3v) is 6.09. The first kappa shape index (κ1) is 29.1. The Kier molecular flexibility index (Phi) is 10.7. The maximum absolute atomic E-state index is 12.2. The fourth-order valence-electron chi connectivity index (χ4n) is 4.53. The average molecular weight is 498 g/mol. The van der Waals surface area contributed by atoms with Crippen molar-refractivity contribution in [3.8, 4) is 0 Å². The molecule has 0 bridgehead atoms. The summed E-state index contributed by atoms with van der Waals surface area (Å²) < 4.78 is 5.50. The van der Waals surface area contributed by atoms with Crippen LogP contribution in [0.25, 0.3) is 0 Å². The number of fused-ring (bicyclic) bond motifs is 1. The first-order valence-electron chi connectivity index (χ1n) is 12.7. The van der Waals surface area contributed by atoms with Gasteiger partial charge in [0.1, 0.15) is 17.7 Å². The molecule has 0 spiro atoms. The predicted octanol–water partition coefficient (Wildman–Crippen LogP) is 5.00. The molecule has 2 N–H and O–H groups in total. The van der Waals surface area contributed by atoms with Gasteiger partial charge in [-0.2, -0.15) is 0 Å². The van der Waals surface area contributed by atoms with Gasteiger partial charge in [-0.15, -0.1) is 0 Å². The van der Waals surface area contributed by atoms with Crippen molar-refractivity contribution < 1.29 is 14.3 Å². The normalized spacial score (nSPS) is 17.6. The standard InChI is InChI=1S/C21H32N2O2.C5H7N3.C2H4O/c1-15-12-18-13-17(6-7-19(18)22(5)14-15)16-8-10-23(11-9-16)20(24)25-21(2,3)4;1-4-2-8-5(6)3-7-4;1-2-3/h6-7,13,15-16H,8-12,14H2,1-5H3;2-3H,1H3,(H2,6,8);2H,1H3/t15-;;/m1../s1. The molecule has 3 heterocycles. The molecule has 1 atom stereocenters. The number of benzene rings is 1. The van der Waals surface area contributed by atoms with Crippen LogP contribution in [-0.2, 0) is 16.0 Å². The average Bonchev–Trinajstić information content (AvgIpc) is 2.80. The third-order valence-electron chi connectivity index (χ3n) is 6.09. The first-order chi connectivity index (χ1) is 16.9. The molecule has 2 aliphatic rings. The second-order valence-corrected chi connectivity index (χ2v) is 10.6. The van der Waals surface area contributed by atoms with Gasteiger partial charge in [0.15, 0.2) is 0 Å². The molecule has 198 valence electrons. The van der Waals surface area contributed by atoms with E-state index in [1.54, 1.807) is 6.20 Å². The zero-order chi connectivity index (χ0) is 26.9. The largest absolute Gasteiger partial charge is 0.444 e. The number of ether oxygens (including phenoxy) is 1.